The van der Waals surface area contributed by atoms with Gasteiger partial charge in [-0.15, -0.1) is 0 Å². The normalized spacial score (nSPS) is 19.8. The van der Waals surface area contributed by atoms with Crippen LogP contribution in [0.2, 0.25) is 0 Å². The fraction of sp³-hybridized carbons (Fsp3) is 0.410. The monoisotopic (exact) mass is 744 g/mol. The highest BCUT2D eigenvalue weighted by molar-refractivity contribution is 9.10. The van der Waals surface area contributed by atoms with E-state index < -0.39 is 11.4 Å². The van der Waals surface area contributed by atoms with Crippen molar-refractivity contribution in [1.29, 1.82) is 0 Å². The summed E-state index contributed by atoms with van der Waals surface area (Å²) in [4.78, 5) is 43.1. The van der Waals surface area contributed by atoms with Crippen molar-refractivity contribution < 1.29 is 29.0 Å². The first-order chi connectivity index (χ1) is 24.2. The minimum atomic E-state index is -0.604. The highest BCUT2D eigenvalue weighted by atomic mass is 79.9. The van der Waals surface area contributed by atoms with Gasteiger partial charge in [-0.05, 0) is 85.2 Å². The zero-order valence-electron chi connectivity index (χ0n) is 28.2. The summed E-state index contributed by atoms with van der Waals surface area (Å²) in [6.45, 7) is 2.08. The van der Waals surface area contributed by atoms with Crippen molar-refractivity contribution >= 4 is 33.7 Å². The molecule has 2 aliphatic heterocycles. The van der Waals surface area contributed by atoms with Gasteiger partial charge in [0, 0.05) is 55.2 Å². The molecule has 11 heteroatoms. The molecule has 6 rings (SSSR count). The van der Waals surface area contributed by atoms with Crippen molar-refractivity contribution in [3.63, 3.8) is 0 Å². The Morgan fingerprint density at radius 1 is 0.940 bits per heavy atom. The third-order valence-electron chi connectivity index (χ3n) is 9.70. The van der Waals surface area contributed by atoms with E-state index in [1.807, 2.05) is 82.6 Å². The molecule has 0 spiro atoms. The van der Waals surface area contributed by atoms with E-state index in [2.05, 4.69) is 27.3 Å². The summed E-state index contributed by atoms with van der Waals surface area (Å²) in [5, 5.41) is 13.4. The molecule has 2 atom stereocenters. The Kier molecular flexibility index (Phi) is 11.6. The van der Waals surface area contributed by atoms with Gasteiger partial charge in [-0.3, -0.25) is 19.7 Å². The van der Waals surface area contributed by atoms with Gasteiger partial charge >= 0.3 is 0 Å². The van der Waals surface area contributed by atoms with Crippen molar-refractivity contribution in [2.75, 3.05) is 32.9 Å². The Labute approximate surface area is 301 Å². The molecule has 3 amide bonds. The number of piperazine rings is 1. The molecule has 2 heterocycles. The lowest BCUT2D eigenvalue weighted by molar-refractivity contribution is -0.136. The summed E-state index contributed by atoms with van der Waals surface area (Å²) in [6, 6.07) is 23.3. The zero-order valence-corrected chi connectivity index (χ0v) is 29.8. The zero-order chi connectivity index (χ0) is 35.1. The highest BCUT2D eigenvalue weighted by Crippen LogP contribution is 2.39. The van der Waals surface area contributed by atoms with Crippen LogP contribution < -0.4 is 20.5 Å². The van der Waals surface area contributed by atoms with Gasteiger partial charge in [0.25, 0.3) is 5.91 Å². The molecule has 50 heavy (non-hydrogen) atoms. The number of aliphatic hydroxyl groups excluding tert-OH is 1. The van der Waals surface area contributed by atoms with Gasteiger partial charge in [-0.1, -0.05) is 58.4 Å². The number of carbonyl (C=O) groups excluding carboxylic acids is 3. The number of rotatable bonds is 16. The molecule has 0 radical (unpaired) electrons. The Balaban J connectivity index is 1.19. The maximum Gasteiger partial charge on any atom is 0.251 e. The number of halogens is 1. The summed E-state index contributed by atoms with van der Waals surface area (Å²) in [5.41, 5.74) is 8.49. The molecular weight excluding hydrogens is 700 g/mol. The summed E-state index contributed by atoms with van der Waals surface area (Å²) >= 11 is 3.43. The molecule has 1 saturated carbocycles. The lowest BCUT2D eigenvalue weighted by atomic mass is 9.77. The second-order valence-corrected chi connectivity index (χ2v) is 14.2. The lowest BCUT2D eigenvalue weighted by Gasteiger charge is -2.51. The van der Waals surface area contributed by atoms with Crippen LogP contribution in [0.3, 0.4) is 0 Å². The van der Waals surface area contributed by atoms with E-state index in [9.17, 15) is 19.5 Å². The van der Waals surface area contributed by atoms with Crippen LogP contribution in [0.1, 0.15) is 55.2 Å². The fourth-order valence-electron chi connectivity index (χ4n) is 6.95. The van der Waals surface area contributed by atoms with Crippen molar-refractivity contribution in [2.45, 2.75) is 69.1 Å². The molecule has 2 fully saturated rings. The average Bonchev–Trinajstić information content (AvgIpc) is 3.96. The van der Waals surface area contributed by atoms with E-state index in [1.54, 1.807) is 0 Å². The van der Waals surface area contributed by atoms with Crippen molar-refractivity contribution in [3.8, 4) is 11.5 Å². The van der Waals surface area contributed by atoms with E-state index >= 15 is 0 Å². The van der Waals surface area contributed by atoms with Crippen LogP contribution in [-0.2, 0) is 32.9 Å². The number of carbonyl (C=O) groups is 3. The first kappa shape index (κ1) is 35.6. The van der Waals surface area contributed by atoms with Crippen molar-refractivity contribution in [2.24, 2.45) is 5.73 Å². The number of nitrogens with two attached hydrogens (primary N) is 1. The molecule has 1 saturated heterocycles. The van der Waals surface area contributed by atoms with Gasteiger partial charge < -0.3 is 30.1 Å². The Morgan fingerprint density at radius 2 is 1.60 bits per heavy atom. The van der Waals surface area contributed by atoms with Gasteiger partial charge in [0.15, 0.2) is 0 Å². The van der Waals surface area contributed by atoms with Gasteiger partial charge in [0.05, 0.1) is 11.6 Å². The minimum absolute atomic E-state index is 0.0190. The molecule has 4 N–H and O–H groups in total. The Hall–Kier alpha value is -4.19. The van der Waals surface area contributed by atoms with Crippen LogP contribution in [0.25, 0.3) is 0 Å². The van der Waals surface area contributed by atoms with Gasteiger partial charge in [-0.25, -0.2) is 0 Å². The number of nitrogens with zero attached hydrogens (tertiary/aromatic N) is 2. The Morgan fingerprint density at radius 3 is 2.24 bits per heavy atom. The van der Waals surface area contributed by atoms with Crippen LogP contribution in [0.5, 0.6) is 11.5 Å². The number of nitrogens with one attached hydrogen (secondary N) is 1. The third-order valence-corrected chi connectivity index (χ3v) is 10.2. The molecule has 1 unspecified atom stereocenters. The topological polar surface area (TPSA) is 134 Å². The van der Waals surface area contributed by atoms with E-state index in [0.29, 0.717) is 63.4 Å². The first-order valence-corrected chi connectivity index (χ1v) is 18.2. The van der Waals surface area contributed by atoms with Crippen molar-refractivity contribution in [1.82, 2.24) is 15.1 Å². The number of benzene rings is 3. The molecule has 1 aliphatic carbocycles. The molecule has 3 aromatic rings. The summed E-state index contributed by atoms with van der Waals surface area (Å²) in [7, 11) is 0. The minimum Gasteiger partial charge on any atom is -0.490 e. The maximum atomic E-state index is 14.4. The number of fused-ring (bicyclic) bond motifs is 2. The summed E-state index contributed by atoms with van der Waals surface area (Å²) in [5.74, 6) is 0.978. The largest absolute Gasteiger partial charge is 0.490 e. The van der Waals surface area contributed by atoms with Gasteiger partial charge in [-0.2, -0.15) is 0 Å². The van der Waals surface area contributed by atoms with E-state index in [-0.39, 0.29) is 43.3 Å². The van der Waals surface area contributed by atoms with Gasteiger partial charge in [0.2, 0.25) is 11.8 Å². The highest BCUT2D eigenvalue weighted by Gasteiger charge is 2.47. The Bertz CT molecular complexity index is 1690. The number of amides is 3. The van der Waals surface area contributed by atoms with Crippen LogP contribution in [-0.4, -0.2) is 77.6 Å². The molecule has 2 bridgehead atoms. The molecule has 10 nitrogen and oxygen atoms in total. The predicted octanol–water partition coefficient (Wildman–Crippen LogP) is 4.61. The van der Waals surface area contributed by atoms with Crippen LogP contribution >= 0.6 is 15.9 Å². The van der Waals surface area contributed by atoms with Crippen molar-refractivity contribution in [3.05, 3.63) is 106 Å². The molecule has 264 valence electrons. The summed E-state index contributed by atoms with van der Waals surface area (Å²) < 4.78 is 12.7. The lowest BCUT2D eigenvalue weighted by Crippen LogP contribution is -2.66. The predicted molar refractivity (Wildman–Crippen MR) is 193 cm³/mol. The quantitative estimate of drug-likeness (QED) is 0.183. The fourth-order valence-corrected chi connectivity index (χ4v) is 7.22. The number of hydrogen-bond acceptors (Lipinski definition) is 7. The maximum absolute atomic E-state index is 14.4. The molecule has 0 aromatic heterocycles. The van der Waals surface area contributed by atoms with E-state index in [4.69, 9.17) is 15.2 Å². The second kappa shape index (κ2) is 16.2. The average molecular weight is 746 g/mol. The number of hydrogen-bond donors (Lipinski definition) is 3. The van der Waals surface area contributed by atoms with Crippen LogP contribution in [0.15, 0.2) is 88.9 Å². The molecule has 3 aromatic carbocycles. The number of ether oxygens (including phenoxy) is 2. The van der Waals surface area contributed by atoms with E-state index in [1.165, 1.54) is 0 Å². The molecule has 3 aliphatic rings. The standard InChI is InChI=1S/C39H45BrN4O6/c40-30-10-16-33(17-11-30)50-23-22-49-32-14-8-29(9-15-32)39-20-18-34(35(42-39)25-43(26-39)37(47)7-3-6-36(41)46)38(48)44(31-12-13-31)24-28-5-2-1-4-27(28)19-21-45/h1-2,4-5,8-11,14-18,31,35,42,45H,3,6-7,12-13,19-26H2,(H2,41,46)/t35-,39?/m1/s1. The van der Waals surface area contributed by atoms with E-state index in [0.717, 1.165) is 39.8 Å². The SMILES string of the molecule is NC(=O)CCCC(=O)N1C[C@H]2NC(c3ccc(OCCOc4ccc(Br)cc4)cc3)(CC=C2C(=O)N(Cc2ccccc2CCO)C2CC2)C1. The first-order valence-electron chi connectivity index (χ1n) is 17.4. The smallest absolute Gasteiger partial charge is 0.251 e. The number of primary amides is 1. The van der Waals surface area contributed by atoms with Gasteiger partial charge in [0.1, 0.15) is 24.7 Å². The number of aliphatic hydroxyl groups is 1. The van der Waals surface area contributed by atoms with Crippen LogP contribution in [0, 0.1) is 0 Å². The third kappa shape index (κ3) is 8.75. The van der Waals surface area contributed by atoms with Crippen LogP contribution in [0.4, 0.5) is 0 Å². The second-order valence-electron chi connectivity index (χ2n) is 13.3. The molecular formula is C39H45BrN4O6. The summed E-state index contributed by atoms with van der Waals surface area (Å²) in [6.07, 6.45) is 5.79.